The minimum absolute atomic E-state index is 0.0890. The summed E-state index contributed by atoms with van der Waals surface area (Å²) >= 11 is 0. The standard InChI is InChI=1S/C11H7N3O6/c15-8-5(2-1-3-7(8)14(19)20)4-6-9(16)12-11(18)13-10(6)17/h1-4,15H,(H2,12,13,16,17,18). The lowest BCUT2D eigenvalue weighted by molar-refractivity contribution is -0.385. The first-order valence-corrected chi connectivity index (χ1v) is 5.25. The van der Waals surface area contributed by atoms with Crippen LogP contribution in [0.1, 0.15) is 5.56 Å². The molecule has 1 aliphatic heterocycles. The fraction of sp³-hybridized carbons (Fsp3) is 0. The van der Waals surface area contributed by atoms with Gasteiger partial charge in [0.1, 0.15) is 5.57 Å². The molecule has 1 fully saturated rings. The van der Waals surface area contributed by atoms with E-state index in [1.165, 1.54) is 12.1 Å². The topological polar surface area (TPSA) is 139 Å². The maximum Gasteiger partial charge on any atom is 0.328 e. The first-order chi connectivity index (χ1) is 9.40. The maximum absolute atomic E-state index is 11.5. The van der Waals surface area contributed by atoms with Crippen LogP contribution in [-0.4, -0.2) is 27.9 Å². The van der Waals surface area contributed by atoms with Crippen molar-refractivity contribution in [3.63, 3.8) is 0 Å². The number of aromatic hydroxyl groups is 1. The smallest absolute Gasteiger partial charge is 0.328 e. The van der Waals surface area contributed by atoms with Crippen molar-refractivity contribution in [3.05, 3.63) is 39.4 Å². The summed E-state index contributed by atoms with van der Waals surface area (Å²) in [4.78, 5) is 43.7. The van der Waals surface area contributed by atoms with Gasteiger partial charge < -0.3 is 5.11 Å². The molecule has 0 unspecified atom stereocenters. The lowest BCUT2D eigenvalue weighted by Crippen LogP contribution is -2.51. The predicted octanol–water partition coefficient (Wildman–Crippen LogP) is 0.0498. The van der Waals surface area contributed by atoms with E-state index >= 15 is 0 Å². The number of rotatable bonds is 2. The molecule has 0 bridgehead atoms. The van der Waals surface area contributed by atoms with Gasteiger partial charge in [-0.25, -0.2) is 4.79 Å². The van der Waals surface area contributed by atoms with Crippen LogP contribution in [0.5, 0.6) is 5.75 Å². The van der Waals surface area contributed by atoms with Crippen molar-refractivity contribution in [2.75, 3.05) is 0 Å². The van der Waals surface area contributed by atoms with Gasteiger partial charge in [0.05, 0.1) is 4.92 Å². The van der Waals surface area contributed by atoms with Crippen molar-refractivity contribution in [1.29, 1.82) is 0 Å². The summed E-state index contributed by atoms with van der Waals surface area (Å²) in [6.45, 7) is 0. The van der Waals surface area contributed by atoms with Crippen molar-refractivity contribution in [2.24, 2.45) is 0 Å². The number of nitrogens with one attached hydrogen (secondary N) is 2. The molecule has 4 amide bonds. The third-order valence-electron chi connectivity index (χ3n) is 2.49. The number of nitro groups is 1. The third kappa shape index (κ3) is 2.32. The second kappa shape index (κ2) is 4.80. The molecule has 9 heteroatoms. The van der Waals surface area contributed by atoms with E-state index in [0.29, 0.717) is 0 Å². The fourth-order valence-corrected chi connectivity index (χ4v) is 1.57. The molecule has 3 N–H and O–H groups in total. The lowest BCUT2D eigenvalue weighted by Gasteiger charge is -2.14. The van der Waals surface area contributed by atoms with E-state index in [9.17, 15) is 29.6 Å². The molecular weight excluding hydrogens is 270 g/mol. The SMILES string of the molecule is O=C1NC(=O)C(=Cc2cccc([N+](=O)[O-])c2O)C(=O)N1. The number of amides is 4. The van der Waals surface area contributed by atoms with E-state index in [1.54, 1.807) is 0 Å². The number of nitro benzene ring substituents is 1. The van der Waals surface area contributed by atoms with Gasteiger partial charge >= 0.3 is 11.7 Å². The van der Waals surface area contributed by atoms with Gasteiger partial charge in [-0.1, -0.05) is 12.1 Å². The highest BCUT2D eigenvalue weighted by Gasteiger charge is 2.28. The first kappa shape index (κ1) is 13.2. The molecule has 1 aromatic carbocycles. The van der Waals surface area contributed by atoms with Crippen molar-refractivity contribution in [3.8, 4) is 5.75 Å². The number of phenolic OH excluding ortho intramolecular Hbond substituents is 1. The minimum atomic E-state index is -0.958. The van der Waals surface area contributed by atoms with Gasteiger partial charge in [-0.15, -0.1) is 0 Å². The van der Waals surface area contributed by atoms with Crippen LogP contribution in [0.2, 0.25) is 0 Å². The quantitative estimate of drug-likeness (QED) is 0.302. The second-order valence-electron chi connectivity index (χ2n) is 3.77. The Hall–Kier alpha value is -3.23. The molecule has 1 saturated heterocycles. The highest BCUT2D eigenvalue weighted by molar-refractivity contribution is 6.31. The number of imide groups is 2. The maximum atomic E-state index is 11.5. The molecule has 0 spiro atoms. The number of benzene rings is 1. The molecule has 0 aromatic heterocycles. The van der Waals surface area contributed by atoms with Crippen LogP contribution in [0.4, 0.5) is 10.5 Å². The molecule has 1 heterocycles. The molecule has 2 rings (SSSR count). The number of urea groups is 1. The summed E-state index contributed by atoms with van der Waals surface area (Å²) in [5, 5.41) is 24.0. The summed E-state index contributed by atoms with van der Waals surface area (Å²) in [5.41, 5.74) is -1.10. The van der Waals surface area contributed by atoms with Gasteiger partial charge in [-0.3, -0.25) is 30.3 Å². The number of nitrogens with zero attached hydrogens (tertiary/aromatic N) is 1. The fourth-order valence-electron chi connectivity index (χ4n) is 1.57. The van der Waals surface area contributed by atoms with Crippen LogP contribution in [0, 0.1) is 10.1 Å². The number of phenols is 1. The molecule has 9 nitrogen and oxygen atoms in total. The minimum Gasteiger partial charge on any atom is -0.502 e. The Labute approximate surface area is 111 Å². The van der Waals surface area contributed by atoms with Crippen molar-refractivity contribution in [1.82, 2.24) is 10.6 Å². The van der Waals surface area contributed by atoms with Gasteiger partial charge in [0.25, 0.3) is 11.8 Å². The van der Waals surface area contributed by atoms with Gasteiger partial charge in [-0.2, -0.15) is 0 Å². The van der Waals surface area contributed by atoms with Crippen LogP contribution >= 0.6 is 0 Å². The van der Waals surface area contributed by atoms with E-state index in [-0.39, 0.29) is 5.56 Å². The molecular formula is C11H7N3O6. The van der Waals surface area contributed by atoms with Crippen LogP contribution in [0.3, 0.4) is 0 Å². The van der Waals surface area contributed by atoms with Gasteiger partial charge in [0.2, 0.25) is 5.75 Å². The molecule has 0 atom stereocenters. The summed E-state index contributed by atoms with van der Waals surface area (Å²) < 4.78 is 0. The Morgan fingerprint density at radius 3 is 2.30 bits per heavy atom. The van der Waals surface area contributed by atoms with Crippen molar-refractivity contribution < 1.29 is 24.4 Å². The number of hydrogen-bond acceptors (Lipinski definition) is 6. The predicted molar refractivity (Wildman–Crippen MR) is 64.4 cm³/mol. The summed E-state index contributed by atoms with van der Waals surface area (Å²) in [6.07, 6.45) is 0.958. The molecule has 1 aromatic rings. The van der Waals surface area contributed by atoms with E-state index < -0.39 is 39.8 Å². The zero-order valence-corrected chi connectivity index (χ0v) is 9.75. The van der Waals surface area contributed by atoms with Crippen LogP contribution in [0.25, 0.3) is 6.08 Å². The average molecular weight is 277 g/mol. The monoisotopic (exact) mass is 277 g/mol. The Kier molecular flexibility index (Phi) is 3.17. The third-order valence-corrected chi connectivity index (χ3v) is 2.49. The summed E-state index contributed by atoms with van der Waals surface area (Å²) in [6, 6.07) is 2.68. The Morgan fingerprint density at radius 2 is 1.75 bits per heavy atom. The molecule has 0 radical (unpaired) electrons. The van der Waals surface area contributed by atoms with Crippen LogP contribution in [-0.2, 0) is 9.59 Å². The number of para-hydroxylation sites is 1. The number of carbonyl (C=O) groups excluding carboxylic acids is 3. The van der Waals surface area contributed by atoms with Gasteiger partial charge in [-0.05, 0) is 6.08 Å². The average Bonchev–Trinajstić information content (AvgIpc) is 2.35. The van der Waals surface area contributed by atoms with Crippen molar-refractivity contribution >= 4 is 29.6 Å². The zero-order valence-electron chi connectivity index (χ0n) is 9.75. The second-order valence-corrected chi connectivity index (χ2v) is 3.77. The molecule has 20 heavy (non-hydrogen) atoms. The van der Waals surface area contributed by atoms with Crippen molar-refractivity contribution in [2.45, 2.75) is 0 Å². The Bertz CT molecular complexity index is 657. The highest BCUT2D eigenvalue weighted by atomic mass is 16.6. The van der Waals surface area contributed by atoms with Crippen LogP contribution < -0.4 is 10.6 Å². The first-order valence-electron chi connectivity index (χ1n) is 5.25. The molecule has 1 aliphatic rings. The van der Waals surface area contributed by atoms with Gasteiger partial charge in [0, 0.05) is 11.6 Å². The number of barbiturate groups is 1. The summed E-state index contributed by atoms with van der Waals surface area (Å²) in [5.74, 6) is -2.59. The number of hydrogen-bond donors (Lipinski definition) is 3. The summed E-state index contributed by atoms with van der Waals surface area (Å²) in [7, 11) is 0. The number of carbonyl (C=O) groups is 3. The lowest BCUT2D eigenvalue weighted by atomic mass is 10.1. The van der Waals surface area contributed by atoms with E-state index in [2.05, 4.69) is 0 Å². The highest BCUT2D eigenvalue weighted by Crippen LogP contribution is 2.30. The zero-order chi connectivity index (χ0) is 14.9. The largest absolute Gasteiger partial charge is 0.502 e. The molecule has 0 aliphatic carbocycles. The molecule has 0 saturated carbocycles. The Morgan fingerprint density at radius 1 is 1.15 bits per heavy atom. The van der Waals surface area contributed by atoms with Crippen LogP contribution in [0.15, 0.2) is 23.8 Å². The Balaban J connectivity index is 2.48. The van der Waals surface area contributed by atoms with Gasteiger partial charge in [0.15, 0.2) is 0 Å². The normalized spacial score (nSPS) is 14.6. The van der Waals surface area contributed by atoms with E-state index in [4.69, 9.17) is 0 Å². The van der Waals surface area contributed by atoms with E-state index in [0.717, 1.165) is 12.1 Å². The van der Waals surface area contributed by atoms with E-state index in [1.807, 2.05) is 10.6 Å². The molecule has 102 valence electrons.